The van der Waals surface area contributed by atoms with Gasteiger partial charge in [0.1, 0.15) is 18.1 Å². The molecule has 0 radical (unpaired) electrons. The molecule has 2 aliphatic heterocycles. The number of nitrogens with one attached hydrogen (secondary N) is 1. The minimum atomic E-state index is -2.81. The van der Waals surface area contributed by atoms with E-state index in [1.54, 1.807) is 12.1 Å². The molecule has 2 atom stereocenters. The van der Waals surface area contributed by atoms with Crippen molar-refractivity contribution in [1.82, 2.24) is 5.32 Å². The molecule has 0 amide bonds. The van der Waals surface area contributed by atoms with Gasteiger partial charge in [-0.25, -0.2) is 8.42 Å². The molecule has 6 heteroatoms. The van der Waals surface area contributed by atoms with Gasteiger partial charge in [-0.3, -0.25) is 0 Å². The molecule has 0 spiro atoms. The highest BCUT2D eigenvalue weighted by Crippen LogP contribution is 2.35. The SMILES string of the molecule is O=S1(=O)CCC(CNC2COc3cc(O)ccc32)C1. The van der Waals surface area contributed by atoms with Crippen LogP contribution in [0.25, 0.3) is 0 Å². The van der Waals surface area contributed by atoms with Crippen molar-refractivity contribution >= 4 is 9.84 Å². The number of hydrogen-bond donors (Lipinski definition) is 2. The van der Waals surface area contributed by atoms with Gasteiger partial charge in [-0.05, 0) is 31.0 Å². The van der Waals surface area contributed by atoms with E-state index in [0.29, 0.717) is 24.7 Å². The van der Waals surface area contributed by atoms with Gasteiger partial charge in [-0.1, -0.05) is 0 Å². The largest absolute Gasteiger partial charge is 0.508 e. The number of ether oxygens (including phenoxy) is 1. The fourth-order valence-corrected chi connectivity index (χ4v) is 4.57. The molecule has 0 bridgehead atoms. The topological polar surface area (TPSA) is 75.6 Å². The number of phenols is 1. The van der Waals surface area contributed by atoms with Gasteiger partial charge in [0.15, 0.2) is 9.84 Å². The van der Waals surface area contributed by atoms with Crippen LogP contribution in [0.2, 0.25) is 0 Å². The van der Waals surface area contributed by atoms with Crippen molar-refractivity contribution in [3.63, 3.8) is 0 Å². The second kappa shape index (κ2) is 4.68. The number of benzene rings is 1. The highest BCUT2D eigenvalue weighted by Gasteiger charge is 2.30. The molecular weight excluding hydrogens is 266 g/mol. The fourth-order valence-electron chi connectivity index (χ4n) is 2.71. The van der Waals surface area contributed by atoms with Gasteiger partial charge in [0.05, 0.1) is 17.5 Å². The van der Waals surface area contributed by atoms with Gasteiger partial charge in [-0.15, -0.1) is 0 Å². The number of aromatic hydroxyl groups is 1. The van der Waals surface area contributed by atoms with Gasteiger partial charge in [0, 0.05) is 11.6 Å². The van der Waals surface area contributed by atoms with E-state index in [-0.39, 0.29) is 23.5 Å². The molecule has 0 aromatic heterocycles. The van der Waals surface area contributed by atoms with E-state index in [2.05, 4.69) is 5.32 Å². The van der Waals surface area contributed by atoms with Gasteiger partial charge in [0.25, 0.3) is 0 Å². The zero-order valence-corrected chi connectivity index (χ0v) is 11.3. The van der Waals surface area contributed by atoms with E-state index in [9.17, 15) is 13.5 Å². The zero-order chi connectivity index (χ0) is 13.5. The van der Waals surface area contributed by atoms with E-state index < -0.39 is 9.84 Å². The molecule has 3 rings (SSSR count). The average molecular weight is 283 g/mol. The summed E-state index contributed by atoms with van der Waals surface area (Å²) >= 11 is 0. The average Bonchev–Trinajstić information content (AvgIpc) is 2.89. The van der Waals surface area contributed by atoms with Crippen LogP contribution >= 0.6 is 0 Å². The molecule has 1 aromatic carbocycles. The van der Waals surface area contributed by atoms with Crippen LogP contribution in [-0.2, 0) is 9.84 Å². The Kier molecular flexibility index (Phi) is 3.14. The van der Waals surface area contributed by atoms with Crippen LogP contribution in [0.1, 0.15) is 18.0 Å². The Labute approximate surface area is 112 Å². The van der Waals surface area contributed by atoms with E-state index in [4.69, 9.17) is 4.74 Å². The maximum Gasteiger partial charge on any atom is 0.150 e. The maximum absolute atomic E-state index is 11.4. The molecule has 2 unspecified atom stereocenters. The van der Waals surface area contributed by atoms with Gasteiger partial charge in [0.2, 0.25) is 0 Å². The van der Waals surface area contributed by atoms with Crippen molar-refractivity contribution in [2.24, 2.45) is 5.92 Å². The van der Waals surface area contributed by atoms with E-state index in [1.807, 2.05) is 6.07 Å². The van der Waals surface area contributed by atoms with Crippen LogP contribution in [0.4, 0.5) is 0 Å². The highest BCUT2D eigenvalue weighted by atomic mass is 32.2. The lowest BCUT2D eigenvalue weighted by Gasteiger charge is -2.14. The smallest absolute Gasteiger partial charge is 0.150 e. The first-order valence-electron chi connectivity index (χ1n) is 6.43. The molecule has 2 heterocycles. The van der Waals surface area contributed by atoms with Crippen molar-refractivity contribution in [2.75, 3.05) is 24.7 Å². The third kappa shape index (κ3) is 2.69. The summed E-state index contributed by atoms with van der Waals surface area (Å²) in [6.07, 6.45) is 0.741. The molecule has 2 N–H and O–H groups in total. The van der Waals surface area contributed by atoms with E-state index in [1.165, 1.54) is 0 Å². The Morgan fingerprint density at radius 2 is 2.26 bits per heavy atom. The Balaban J connectivity index is 1.61. The van der Waals surface area contributed by atoms with Gasteiger partial charge >= 0.3 is 0 Å². The second-order valence-corrected chi connectivity index (χ2v) is 7.49. The third-order valence-electron chi connectivity index (χ3n) is 3.76. The zero-order valence-electron chi connectivity index (χ0n) is 10.5. The number of rotatable bonds is 3. The summed E-state index contributed by atoms with van der Waals surface area (Å²) < 4.78 is 28.3. The lowest BCUT2D eigenvalue weighted by atomic mass is 10.1. The minimum Gasteiger partial charge on any atom is -0.508 e. The maximum atomic E-state index is 11.4. The van der Waals surface area contributed by atoms with E-state index in [0.717, 1.165) is 12.0 Å². The minimum absolute atomic E-state index is 0.0823. The normalized spacial score (nSPS) is 28.0. The molecule has 2 aliphatic rings. The predicted molar refractivity (Wildman–Crippen MR) is 71.1 cm³/mol. The third-order valence-corrected chi connectivity index (χ3v) is 5.59. The molecule has 1 fully saturated rings. The molecule has 19 heavy (non-hydrogen) atoms. The summed E-state index contributed by atoms with van der Waals surface area (Å²) in [5, 5.41) is 12.7. The molecule has 0 aliphatic carbocycles. The predicted octanol–water partition coefficient (Wildman–Crippen LogP) is 0.850. The lowest BCUT2D eigenvalue weighted by Crippen LogP contribution is -2.28. The van der Waals surface area contributed by atoms with Crippen LogP contribution in [-0.4, -0.2) is 38.2 Å². The van der Waals surface area contributed by atoms with Crippen molar-refractivity contribution in [3.8, 4) is 11.5 Å². The summed E-state index contributed by atoms with van der Waals surface area (Å²) in [4.78, 5) is 0. The van der Waals surface area contributed by atoms with Crippen molar-refractivity contribution in [2.45, 2.75) is 12.5 Å². The van der Waals surface area contributed by atoms with E-state index >= 15 is 0 Å². The molecule has 5 nitrogen and oxygen atoms in total. The number of sulfone groups is 1. The van der Waals surface area contributed by atoms with Crippen LogP contribution in [0.15, 0.2) is 18.2 Å². The summed E-state index contributed by atoms with van der Waals surface area (Å²) in [5.41, 5.74) is 1.03. The monoisotopic (exact) mass is 283 g/mol. The Bertz CT molecular complexity index is 584. The van der Waals surface area contributed by atoms with Crippen molar-refractivity contribution in [3.05, 3.63) is 23.8 Å². The fraction of sp³-hybridized carbons (Fsp3) is 0.538. The summed E-state index contributed by atoms with van der Waals surface area (Å²) in [6.45, 7) is 1.21. The molecule has 0 saturated carbocycles. The van der Waals surface area contributed by atoms with Gasteiger partial charge < -0.3 is 15.2 Å². The van der Waals surface area contributed by atoms with Crippen molar-refractivity contribution < 1.29 is 18.3 Å². The first-order valence-corrected chi connectivity index (χ1v) is 8.25. The summed E-state index contributed by atoms with van der Waals surface area (Å²) in [5.74, 6) is 1.70. The molecule has 1 aromatic rings. The number of fused-ring (bicyclic) bond motifs is 1. The molecule has 1 saturated heterocycles. The van der Waals surface area contributed by atoms with Crippen LogP contribution in [0, 0.1) is 5.92 Å². The summed E-state index contributed by atoms with van der Waals surface area (Å²) in [7, 11) is -2.81. The lowest BCUT2D eigenvalue weighted by molar-refractivity contribution is 0.304. The van der Waals surface area contributed by atoms with Gasteiger partial charge in [-0.2, -0.15) is 0 Å². The first kappa shape index (κ1) is 12.7. The quantitative estimate of drug-likeness (QED) is 0.860. The van der Waals surface area contributed by atoms with Crippen LogP contribution in [0.3, 0.4) is 0 Å². The van der Waals surface area contributed by atoms with Crippen LogP contribution < -0.4 is 10.1 Å². The Hall–Kier alpha value is -1.27. The first-order chi connectivity index (χ1) is 9.03. The summed E-state index contributed by atoms with van der Waals surface area (Å²) in [6, 6.07) is 5.18. The van der Waals surface area contributed by atoms with Crippen molar-refractivity contribution in [1.29, 1.82) is 0 Å². The number of hydrogen-bond acceptors (Lipinski definition) is 5. The number of phenolic OH excluding ortho intramolecular Hbond substituents is 1. The Morgan fingerprint density at radius 3 is 3.00 bits per heavy atom. The molecular formula is C13H17NO4S. The Morgan fingerprint density at radius 1 is 1.42 bits per heavy atom. The van der Waals surface area contributed by atoms with Crippen LogP contribution in [0.5, 0.6) is 11.5 Å². The standard InChI is InChI=1S/C13H17NO4S/c15-10-1-2-11-12(7-18-13(11)5-10)14-6-9-3-4-19(16,17)8-9/h1-2,5,9,12,14-15H,3-4,6-8H2. The second-order valence-electron chi connectivity index (χ2n) is 5.26. The highest BCUT2D eigenvalue weighted by molar-refractivity contribution is 7.91. The molecule has 104 valence electrons.